The van der Waals surface area contributed by atoms with Crippen molar-refractivity contribution in [2.45, 2.75) is 19.6 Å². The Morgan fingerprint density at radius 2 is 2.09 bits per heavy atom. The first-order chi connectivity index (χ1) is 11.0. The summed E-state index contributed by atoms with van der Waals surface area (Å²) >= 11 is 5.62. The minimum atomic E-state index is -0.876. The molecular formula is C17H19ClFNO3. The average molecular weight is 340 g/mol. The number of ether oxygens (including phenoxy) is 1. The Hall–Kier alpha value is -1.82. The highest BCUT2D eigenvalue weighted by molar-refractivity contribution is 6.30. The SMILES string of the molecule is CCOc1cccc(CNCC(O)c2ccc(Cl)c(F)c2)c1O. The van der Waals surface area contributed by atoms with Crippen molar-refractivity contribution < 1.29 is 19.3 Å². The molecule has 0 aliphatic carbocycles. The fourth-order valence-corrected chi connectivity index (χ4v) is 2.28. The van der Waals surface area contributed by atoms with Crippen LogP contribution in [-0.2, 0) is 6.54 Å². The van der Waals surface area contributed by atoms with Gasteiger partial charge in [0.2, 0.25) is 0 Å². The quantitative estimate of drug-likeness (QED) is 0.723. The largest absolute Gasteiger partial charge is 0.504 e. The normalized spacial score (nSPS) is 12.2. The van der Waals surface area contributed by atoms with E-state index in [1.165, 1.54) is 12.1 Å². The maximum atomic E-state index is 13.4. The Balaban J connectivity index is 1.94. The summed E-state index contributed by atoms with van der Waals surface area (Å²) in [6, 6.07) is 9.43. The second kappa shape index (κ2) is 8.15. The zero-order valence-electron chi connectivity index (χ0n) is 12.7. The van der Waals surface area contributed by atoms with Crippen LogP contribution >= 0.6 is 11.6 Å². The molecule has 2 rings (SSSR count). The summed E-state index contributed by atoms with van der Waals surface area (Å²) in [5.41, 5.74) is 1.09. The summed E-state index contributed by atoms with van der Waals surface area (Å²) in [7, 11) is 0. The number of para-hydroxylation sites is 1. The van der Waals surface area contributed by atoms with Gasteiger partial charge in [0.15, 0.2) is 11.5 Å². The van der Waals surface area contributed by atoms with Gasteiger partial charge in [0.1, 0.15) is 5.82 Å². The zero-order valence-corrected chi connectivity index (χ0v) is 13.5. The van der Waals surface area contributed by atoms with Crippen molar-refractivity contribution in [3.05, 3.63) is 58.4 Å². The van der Waals surface area contributed by atoms with Crippen LogP contribution in [0.5, 0.6) is 11.5 Å². The third kappa shape index (κ3) is 4.58. The van der Waals surface area contributed by atoms with E-state index >= 15 is 0 Å². The Morgan fingerprint density at radius 3 is 2.78 bits per heavy atom. The molecule has 6 heteroatoms. The molecule has 124 valence electrons. The van der Waals surface area contributed by atoms with Gasteiger partial charge >= 0.3 is 0 Å². The molecule has 3 N–H and O–H groups in total. The standard InChI is InChI=1S/C17H19ClFNO3/c1-2-23-16-5-3-4-12(17(16)22)9-20-10-15(21)11-6-7-13(18)14(19)8-11/h3-8,15,20-22H,2,9-10H2,1H3. The fraction of sp³-hybridized carbons (Fsp3) is 0.294. The Morgan fingerprint density at radius 1 is 1.30 bits per heavy atom. The molecule has 0 aromatic heterocycles. The van der Waals surface area contributed by atoms with Gasteiger partial charge in [-0.05, 0) is 30.7 Å². The van der Waals surface area contributed by atoms with Crippen molar-refractivity contribution in [2.24, 2.45) is 0 Å². The van der Waals surface area contributed by atoms with Crippen LogP contribution in [0.1, 0.15) is 24.2 Å². The van der Waals surface area contributed by atoms with Gasteiger partial charge in [-0.3, -0.25) is 0 Å². The zero-order chi connectivity index (χ0) is 16.8. The number of phenols is 1. The first kappa shape index (κ1) is 17.5. The number of nitrogens with one attached hydrogen (secondary N) is 1. The minimum Gasteiger partial charge on any atom is -0.504 e. The lowest BCUT2D eigenvalue weighted by Gasteiger charge is -2.14. The van der Waals surface area contributed by atoms with Gasteiger partial charge in [0.05, 0.1) is 17.7 Å². The molecule has 0 bridgehead atoms. The van der Waals surface area contributed by atoms with Gasteiger partial charge in [-0.1, -0.05) is 29.8 Å². The summed E-state index contributed by atoms with van der Waals surface area (Å²) in [6.45, 7) is 2.86. The maximum absolute atomic E-state index is 13.4. The average Bonchev–Trinajstić information content (AvgIpc) is 2.53. The van der Waals surface area contributed by atoms with Gasteiger partial charge in [0, 0.05) is 18.7 Å². The van der Waals surface area contributed by atoms with Crippen LogP contribution in [0, 0.1) is 5.82 Å². The van der Waals surface area contributed by atoms with Crippen molar-refractivity contribution >= 4 is 11.6 Å². The number of halogens is 2. The van der Waals surface area contributed by atoms with Crippen LogP contribution in [0.4, 0.5) is 4.39 Å². The van der Waals surface area contributed by atoms with Crippen molar-refractivity contribution in [3.63, 3.8) is 0 Å². The molecule has 2 aromatic rings. The molecular weight excluding hydrogens is 321 g/mol. The van der Waals surface area contributed by atoms with Crippen LogP contribution in [0.3, 0.4) is 0 Å². The van der Waals surface area contributed by atoms with E-state index in [9.17, 15) is 14.6 Å². The van der Waals surface area contributed by atoms with Crippen LogP contribution in [-0.4, -0.2) is 23.4 Å². The molecule has 23 heavy (non-hydrogen) atoms. The molecule has 1 atom stereocenters. The highest BCUT2D eigenvalue weighted by Crippen LogP contribution is 2.29. The van der Waals surface area contributed by atoms with E-state index in [0.29, 0.717) is 30.0 Å². The van der Waals surface area contributed by atoms with Gasteiger partial charge in [-0.15, -0.1) is 0 Å². The number of benzene rings is 2. The van der Waals surface area contributed by atoms with Gasteiger partial charge in [-0.2, -0.15) is 0 Å². The van der Waals surface area contributed by atoms with Crippen LogP contribution < -0.4 is 10.1 Å². The van der Waals surface area contributed by atoms with Crippen LogP contribution in [0.25, 0.3) is 0 Å². The van der Waals surface area contributed by atoms with E-state index in [-0.39, 0.29) is 17.3 Å². The third-order valence-corrected chi connectivity index (χ3v) is 3.67. The third-order valence-electron chi connectivity index (χ3n) is 3.36. The van der Waals surface area contributed by atoms with Gasteiger partial charge in [-0.25, -0.2) is 4.39 Å². The molecule has 0 radical (unpaired) electrons. The topological polar surface area (TPSA) is 61.7 Å². The predicted molar refractivity (Wildman–Crippen MR) is 87.4 cm³/mol. The molecule has 2 aromatic carbocycles. The number of rotatable bonds is 7. The van der Waals surface area contributed by atoms with E-state index in [0.717, 1.165) is 0 Å². The molecule has 0 amide bonds. The summed E-state index contributed by atoms with van der Waals surface area (Å²) in [4.78, 5) is 0. The molecule has 0 aliphatic heterocycles. The first-order valence-electron chi connectivity index (χ1n) is 7.30. The molecule has 0 fully saturated rings. The van der Waals surface area contributed by atoms with E-state index in [1.807, 2.05) is 6.92 Å². The van der Waals surface area contributed by atoms with Crippen molar-refractivity contribution in [2.75, 3.05) is 13.2 Å². The lowest BCUT2D eigenvalue weighted by molar-refractivity contribution is 0.174. The van der Waals surface area contributed by atoms with Crippen molar-refractivity contribution in [1.29, 1.82) is 0 Å². The molecule has 0 aliphatic rings. The fourth-order valence-electron chi connectivity index (χ4n) is 2.16. The summed E-state index contributed by atoms with van der Waals surface area (Å²) in [5, 5.41) is 23.2. The number of aliphatic hydroxyl groups is 1. The smallest absolute Gasteiger partial charge is 0.162 e. The minimum absolute atomic E-state index is 0.0200. The van der Waals surface area contributed by atoms with Crippen molar-refractivity contribution in [3.8, 4) is 11.5 Å². The maximum Gasteiger partial charge on any atom is 0.162 e. The van der Waals surface area contributed by atoms with E-state index in [2.05, 4.69) is 5.32 Å². The lowest BCUT2D eigenvalue weighted by Crippen LogP contribution is -2.21. The van der Waals surface area contributed by atoms with Crippen molar-refractivity contribution in [1.82, 2.24) is 5.32 Å². The number of aromatic hydroxyl groups is 1. The Kier molecular flexibility index (Phi) is 6.21. The monoisotopic (exact) mass is 339 g/mol. The summed E-state index contributed by atoms with van der Waals surface area (Å²) in [6.07, 6.45) is -0.876. The number of hydrogen-bond acceptors (Lipinski definition) is 4. The molecule has 0 heterocycles. The number of phenolic OH excluding ortho intramolecular Hbond substituents is 1. The second-order valence-corrected chi connectivity index (χ2v) is 5.42. The lowest BCUT2D eigenvalue weighted by atomic mass is 10.1. The molecule has 1 unspecified atom stereocenters. The summed E-state index contributed by atoms with van der Waals surface area (Å²) in [5.74, 6) is -0.0636. The first-order valence-corrected chi connectivity index (χ1v) is 7.68. The molecule has 0 saturated heterocycles. The predicted octanol–water partition coefficient (Wildman–Crippen LogP) is 3.41. The Bertz CT molecular complexity index is 666. The van der Waals surface area contributed by atoms with Crippen LogP contribution in [0.15, 0.2) is 36.4 Å². The molecule has 0 saturated carbocycles. The van der Waals surface area contributed by atoms with Crippen LogP contribution in [0.2, 0.25) is 5.02 Å². The van der Waals surface area contributed by atoms with E-state index < -0.39 is 11.9 Å². The number of aliphatic hydroxyl groups excluding tert-OH is 1. The highest BCUT2D eigenvalue weighted by Gasteiger charge is 2.11. The number of hydrogen-bond donors (Lipinski definition) is 3. The second-order valence-electron chi connectivity index (χ2n) is 5.02. The van der Waals surface area contributed by atoms with E-state index in [4.69, 9.17) is 16.3 Å². The van der Waals surface area contributed by atoms with Gasteiger partial charge < -0.3 is 20.3 Å². The van der Waals surface area contributed by atoms with E-state index in [1.54, 1.807) is 24.3 Å². The molecule has 4 nitrogen and oxygen atoms in total. The highest BCUT2D eigenvalue weighted by atomic mass is 35.5. The molecule has 0 spiro atoms. The van der Waals surface area contributed by atoms with Gasteiger partial charge in [0.25, 0.3) is 0 Å². The summed E-state index contributed by atoms with van der Waals surface area (Å²) < 4.78 is 18.7. The Labute approximate surface area is 139 Å².